The maximum Gasteiger partial charge on any atom is 0.111 e. The van der Waals surface area contributed by atoms with Crippen LogP contribution in [0.3, 0.4) is 0 Å². The molecule has 2 nitrogen and oxygen atoms in total. The number of para-hydroxylation sites is 3. The molecule has 0 saturated carbocycles. The molecule has 0 aliphatic rings. The summed E-state index contributed by atoms with van der Waals surface area (Å²) in [7, 11) is 0. The smallest absolute Gasteiger partial charge is 0.111 e. The fraction of sp³-hybridized carbons (Fsp3) is 0.0217. The number of rotatable bonds is 5. The lowest BCUT2D eigenvalue weighted by Crippen LogP contribution is -2.00. The summed E-state index contributed by atoms with van der Waals surface area (Å²) in [5.41, 5.74) is 11.1. The molecule has 0 aliphatic heterocycles. The Balaban J connectivity index is 1.37. The maximum atomic E-state index is 8.47. The molecule has 9 aromatic rings. The Kier molecular flexibility index (Phi) is 5.98. The second-order valence-electron chi connectivity index (χ2n) is 12.1. The second kappa shape index (κ2) is 11.5. The van der Waals surface area contributed by atoms with Gasteiger partial charge < -0.3 is 0 Å². The third-order valence-corrected chi connectivity index (χ3v) is 9.34. The molecular formula is C46H32N2. The molecule has 0 spiro atoms. The third kappa shape index (κ3) is 4.61. The molecule has 48 heavy (non-hydrogen) atoms. The lowest BCUT2D eigenvalue weighted by atomic mass is 9.84. The highest BCUT2D eigenvalue weighted by atomic mass is 15.1. The molecule has 0 fully saturated rings. The van der Waals surface area contributed by atoms with E-state index >= 15 is 0 Å². The number of imidazole rings is 1. The molecule has 0 bridgehead atoms. The molecule has 0 aliphatic carbocycles. The van der Waals surface area contributed by atoms with Crippen LogP contribution >= 0.6 is 0 Å². The van der Waals surface area contributed by atoms with Crippen molar-refractivity contribution in [2.75, 3.05) is 0 Å². The second-order valence-corrected chi connectivity index (χ2v) is 12.1. The van der Waals surface area contributed by atoms with Gasteiger partial charge in [-0.2, -0.15) is 0 Å². The third-order valence-electron chi connectivity index (χ3n) is 9.34. The molecule has 9 rings (SSSR count). The van der Waals surface area contributed by atoms with Crippen LogP contribution in [0.4, 0.5) is 0 Å². The first-order chi connectivity index (χ1) is 25.0. The van der Waals surface area contributed by atoms with Crippen LogP contribution in [0.25, 0.3) is 82.8 Å². The zero-order valence-corrected chi connectivity index (χ0v) is 26.1. The zero-order chi connectivity index (χ0) is 34.5. The Morgan fingerprint density at radius 3 is 1.52 bits per heavy atom. The summed E-state index contributed by atoms with van der Waals surface area (Å²) in [5.74, 6) is 0.0487. The monoisotopic (exact) mass is 615 g/mol. The van der Waals surface area contributed by atoms with E-state index in [4.69, 9.17) is 4.11 Å². The van der Waals surface area contributed by atoms with Gasteiger partial charge in [-0.05, 0) is 104 Å². The lowest BCUT2D eigenvalue weighted by Gasteiger charge is -2.21. The Labute approximate surface area is 284 Å². The number of nitrogens with zero attached hydrogens (tertiary/aromatic N) is 2. The Bertz CT molecular complexity index is 2610. The lowest BCUT2D eigenvalue weighted by molar-refractivity contribution is 1.00. The van der Waals surface area contributed by atoms with Gasteiger partial charge in [0, 0.05) is 9.68 Å². The van der Waals surface area contributed by atoms with Gasteiger partial charge in [0.2, 0.25) is 0 Å². The number of benzene rings is 8. The van der Waals surface area contributed by atoms with Crippen molar-refractivity contribution in [1.29, 1.82) is 0 Å². The minimum absolute atomic E-state index is 0.0487. The average molecular weight is 616 g/mol. The van der Waals surface area contributed by atoms with Crippen molar-refractivity contribution in [1.82, 2.24) is 9.55 Å². The fourth-order valence-electron chi connectivity index (χ4n) is 7.25. The van der Waals surface area contributed by atoms with E-state index in [0.717, 1.165) is 77.3 Å². The average Bonchev–Trinajstić information content (AvgIpc) is 3.58. The van der Waals surface area contributed by atoms with E-state index in [1.165, 1.54) is 0 Å². The first-order valence-electron chi connectivity index (χ1n) is 17.7. The van der Waals surface area contributed by atoms with Gasteiger partial charge in [-0.3, -0.25) is 4.57 Å². The van der Waals surface area contributed by atoms with Gasteiger partial charge >= 0.3 is 0 Å². The summed E-state index contributed by atoms with van der Waals surface area (Å²) in [6, 6.07) is 60.9. The quantitative estimate of drug-likeness (QED) is 0.176. The molecule has 0 saturated heterocycles. The fourth-order valence-corrected chi connectivity index (χ4v) is 7.25. The Morgan fingerprint density at radius 2 is 0.917 bits per heavy atom. The van der Waals surface area contributed by atoms with E-state index in [2.05, 4.69) is 138 Å². The number of hydrogen-bond donors (Lipinski definition) is 0. The van der Waals surface area contributed by atoms with E-state index in [9.17, 15) is 0 Å². The summed E-state index contributed by atoms with van der Waals surface area (Å²) in [5, 5.41) is 4.42. The SMILES string of the molecule is [2H]C([2H])([2H])c1nc2ccccc2n1-c1ccccc1-c1c2ccccc2c(-c2cc(-c3ccccc3)cc(-c3ccccc3)c2)c2ccccc12. The molecular weight excluding hydrogens is 581 g/mol. The molecule has 1 aromatic heterocycles. The van der Waals surface area contributed by atoms with Gasteiger partial charge in [0.15, 0.2) is 0 Å². The van der Waals surface area contributed by atoms with Crippen molar-refractivity contribution in [2.24, 2.45) is 0 Å². The van der Waals surface area contributed by atoms with Crippen molar-refractivity contribution in [2.45, 2.75) is 6.85 Å². The van der Waals surface area contributed by atoms with Crippen LogP contribution in [0.2, 0.25) is 0 Å². The van der Waals surface area contributed by atoms with E-state index in [1.807, 2.05) is 47.0 Å². The first kappa shape index (κ1) is 24.9. The van der Waals surface area contributed by atoms with Crippen LogP contribution in [-0.4, -0.2) is 9.55 Å². The maximum absolute atomic E-state index is 8.47. The zero-order valence-electron chi connectivity index (χ0n) is 29.1. The van der Waals surface area contributed by atoms with Crippen LogP contribution in [0, 0.1) is 6.85 Å². The molecule has 0 atom stereocenters. The number of aromatic nitrogens is 2. The normalized spacial score (nSPS) is 12.6. The van der Waals surface area contributed by atoms with Gasteiger partial charge in [0.25, 0.3) is 0 Å². The molecule has 226 valence electrons. The van der Waals surface area contributed by atoms with Crippen LogP contribution in [0.5, 0.6) is 0 Å². The van der Waals surface area contributed by atoms with Gasteiger partial charge in [-0.25, -0.2) is 4.98 Å². The van der Waals surface area contributed by atoms with E-state index < -0.39 is 6.85 Å². The summed E-state index contributed by atoms with van der Waals surface area (Å²) in [6.07, 6.45) is 0. The molecule has 0 N–H and O–H groups in total. The van der Waals surface area contributed by atoms with Crippen LogP contribution in [0.1, 0.15) is 9.94 Å². The Morgan fingerprint density at radius 1 is 0.438 bits per heavy atom. The molecule has 0 radical (unpaired) electrons. The van der Waals surface area contributed by atoms with Gasteiger partial charge in [0.1, 0.15) is 5.82 Å². The Hall–Kier alpha value is -6.25. The number of hydrogen-bond acceptors (Lipinski definition) is 1. The summed E-state index contributed by atoms with van der Waals surface area (Å²) >= 11 is 0. The predicted molar refractivity (Wildman–Crippen MR) is 203 cm³/mol. The van der Waals surface area contributed by atoms with Gasteiger partial charge in [-0.15, -0.1) is 0 Å². The van der Waals surface area contributed by atoms with E-state index in [-0.39, 0.29) is 5.82 Å². The molecule has 2 heteroatoms. The van der Waals surface area contributed by atoms with Crippen LogP contribution in [-0.2, 0) is 0 Å². The number of fused-ring (bicyclic) bond motifs is 3. The molecule has 0 unspecified atom stereocenters. The molecule has 0 amide bonds. The number of aryl methyl sites for hydroxylation is 1. The highest BCUT2D eigenvalue weighted by Gasteiger charge is 2.21. The predicted octanol–water partition coefficient (Wildman–Crippen LogP) is 12.3. The van der Waals surface area contributed by atoms with Gasteiger partial charge in [0.05, 0.1) is 16.7 Å². The highest BCUT2D eigenvalue weighted by molar-refractivity contribution is 6.22. The first-order valence-corrected chi connectivity index (χ1v) is 16.2. The van der Waals surface area contributed by atoms with Crippen LogP contribution < -0.4 is 0 Å². The van der Waals surface area contributed by atoms with Crippen LogP contribution in [0.15, 0.2) is 176 Å². The summed E-state index contributed by atoms with van der Waals surface area (Å²) in [6.45, 7) is -2.42. The van der Waals surface area contributed by atoms with Crippen molar-refractivity contribution >= 4 is 32.6 Å². The van der Waals surface area contributed by atoms with Crippen molar-refractivity contribution in [3.05, 3.63) is 182 Å². The van der Waals surface area contributed by atoms with Gasteiger partial charge in [-0.1, -0.05) is 140 Å². The van der Waals surface area contributed by atoms with E-state index in [1.54, 1.807) is 0 Å². The largest absolute Gasteiger partial charge is 0.296 e. The standard InChI is InChI=1S/C46H32N2/c1-31-47-42-25-13-15-27-44(42)48(31)43-26-14-12-24-41(43)46-39-22-10-8-20-37(39)45(38-21-9-11-23-40(38)46)36-29-34(32-16-4-2-5-17-32)28-35(30-36)33-18-6-3-7-19-33/h2-30H,1H3/i1D3. The van der Waals surface area contributed by atoms with Crippen molar-refractivity contribution in [3.8, 4) is 50.2 Å². The highest BCUT2D eigenvalue weighted by Crippen LogP contribution is 2.46. The molecule has 8 aromatic carbocycles. The minimum Gasteiger partial charge on any atom is -0.296 e. The summed E-state index contributed by atoms with van der Waals surface area (Å²) < 4.78 is 27.2. The minimum atomic E-state index is -2.42. The summed E-state index contributed by atoms with van der Waals surface area (Å²) in [4.78, 5) is 4.64. The van der Waals surface area contributed by atoms with Crippen molar-refractivity contribution in [3.63, 3.8) is 0 Å². The molecule has 1 heterocycles. The van der Waals surface area contributed by atoms with Crippen molar-refractivity contribution < 1.29 is 4.11 Å². The van der Waals surface area contributed by atoms with E-state index in [0.29, 0.717) is 5.52 Å². The topological polar surface area (TPSA) is 17.8 Å².